The van der Waals surface area contributed by atoms with Gasteiger partial charge in [-0.2, -0.15) is 0 Å². The van der Waals surface area contributed by atoms with Crippen molar-refractivity contribution in [3.63, 3.8) is 0 Å². The van der Waals surface area contributed by atoms with Crippen LogP contribution in [0.1, 0.15) is 90.0 Å². The fourth-order valence-electron chi connectivity index (χ4n) is 4.11. The molecule has 33 heavy (non-hydrogen) atoms. The zero-order valence-electron chi connectivity index (χ0n) is 20.7. The number of ether oxygens (including phenoxy) is 1. The molecule has 1 aromatic heterocycles. The summed E-state index contributed by atoms with van der Waals surface area (Å²) in [5, 5.41) is 4.30. The lowest BCUT2D eigenvalue weighted by Crippen LogP contribution is -1.97. The van der Waals surface area contributed by atoms with E-state index in [0.717, 1.165) is 47.8 Å². The fraction of sp³-hybridized carbons (Fsp3) is 0.500. The summed E-state index contributed by atoms with van der Waals surface area (Å²) in [5.41, 5.74) is 4.39. The zero-order valence-corrected chi connectivity index (χ0v) is 20.7. The number of aryl methyl sites for hydroxylation is 1. The number of rotatable bonds is 16. The minimum absolute atomic E-state index is 0.784. The van der Waals surface area contributed by atoms with Gasteiger partial charge in [0.05, 0.1) is 6.61 Å². The van der Waals surface area contributed by atoms with Crippen molar-refractivity contribution in [2.75, 3.05) is 6.61 Å². The van der Waals surface area contributed by atoms with E-state index in [1.807, 2.05) is 30.3 Å². The summed E-state index contributed by atoms with van der Waals surface area (Å²) in [6.07, 6.45) is 15.4. The molecule has 0 fully saturated rings. The third kappa shape index (κ3) is 8.72. The average molecular weight is 448 g/mol. The molecule has 0 bridgehead atoms. The Kier molecular flexibility index (Phi) is 11.1. The fourth-order valence-corrected chi connectivity index (χ4v) is 4.11. The van der Waals surface area contributed by atoms with Crippen molar-refractivity contribution in [1.29, 1.82) is 0 Å². The molecule has 3 heteroatoms. The molecular weight excluding hydrogens is 406 g/mol. The summed E-state index contributed by atoms with van der Waals surface area (Å²) in [6, 6.07) is 18.9. The number of hydrogen-bond donors (Lipinski definition) is 0. The lowest BCUT2D eigenvalue weighted by atomic mass is 10.0. The molecule has 0 amide bonds. The number of benzene rings is 2. The van der Waals surface area contributed by atoms with Gasteiger partial charge in [0.2, 0.25) is 0 Å². The Morgan fingerprint density at radius 2 is 1.27 bits per heavy atom. The first-order valence-corrected chi connectivity index (χ1v) is 13.1. The minimum atomic E-state index is 0.784. The maximum Gasteiger partial charge on any atom is 0.167 e. The van der Waals surface area contributed by atoms with Gasteiger partial charge in [-0.25, -0.2) is 0 Å². The highest BCUT2D eigenvalue weighted by atomic mass is 16.5. The average Bonchev–Trinajstić information content (AvgIpc) is 3.34. The first-order chi connectivity index (χ1) is 16.3. The van der Waals surface area contributed by atoms with E-state index in [1.165, 1.54) is 69.8 Å². The van der Waals surface area contributed by atoms with Crippen molar-refractivity contribution >= 4 is 0 Å². The van der Waals surface area contributed by atoms with Crippen LogP contribution in [0.3, 0.4) is 0 Å². The van der Waals surface area contributed by atoms with E-state index in [2.05, 4.69) is 43.3 Å². The highest BCUT2D eigenvalue weighted by Gasteiger charge is 2.09. The first kappa shape index (κ1) is 25.1. The molecule has 0 aliphatic carbocycles. The van der Waals surface area contributed by atoms with Crippen molar-refractivity contribution < 1.29 is 9.26 Å². The number of unbranched alkanes of at least 4 members (excludes halogenated alkanes) is 9. The summed E-state index contributed by atoms with van der Waals surface area (Å²) in [5.74, 6) is 1.70. The van der Waals surface area contributed by atoms with Gasteiger partial charge >= 0.3 is 0 Å². The van der Waals surface area contributed by atoms with Gasteiger partial charge in [-0.1, -0.05) is 101 Å². The van der Waals surface area contributed by atoms with Gasteiger partial charge in [-0.15, -0.1) is 0 Å². The molecule has 0 saturated heterocycles. The van der Waals surface area contributed by atoms with Crippen LogP contribution >= 0.6 is 0 Å². The minimum Gasteiger partial charge on any atom is -0.494 e. The van der Waals surface area contributed by atoms with Crippen molar-refractivity contribution in [3.05, 3.63) is 60.2 Å². The molecule has 0 N–H and O–H groups in total. The second-order valence-corrected chi connectivity index (χ2v) is 9.08. The van der Waals surface area contributed by atoms with E-state index >= 15 is 0 Å². The molecule has 0 aliphatic heterocycles. The van der Waals surface area contributed by atoms with Crippen molar-refractivity contribution in [2.24, 2.45) is 0 Å². The molecule has 3 nitrogen and oxygen atoms in total. The van der Waals surface area contributed by atoms with Gasteiger partial charge in [0.15, 0.2) is 5.76 Å². The van der Waals surface area contributed by atoms with E-state index in [-0.39, 0.29) is 0 Å². The van der Waals surface area contributed by atoms with E-state index in [4.69, 9.17) is 9.26 Å². The standard InChI is InChI=1S/C30H41NO2/c1-3-5-7-9-11-13-23-32-28-21-19-27(20-22-28)30-24-29(31-33-30)26-17-15-25(16-18-26)14-12-10-8-6-4-2/h15-22,24H,3-14,23H2,1-2H3. The predicted molar refractivity (Wildman–Crippen MR) is 139 cm³/mol. The summed E-state index contributed by atoms with van der Waals surface area (Å²) >= 11 is 0. The monoisotopic (exact) mass is 447 g/mol. The van der Waals surface area contributed by atoms with E-state index in [9.17, 15) is 0 Å². The predicted octanol–water partition coefficient (Wildman–Crippen LogP) is 9.26. The third-order valence-electron chi connectivity index (χ3n) is 6.23. The summed E-state index contributed by atoms with van der Waals surface area (Å²) in [6.45, 7) is 5.29. The molecule has 0 radical (unpaired) electrons. The van der Waals surface area contributed by atoms with Gasteiger partial charge in [0, 0.05) is 17.2 Å². The smallest absolute Gasteiger partial charge is 0.167 e. The van der Waals surface area contributed by atoms with Crippen LogP contribution in [0.5, 0.6) is 5.75 Å². The second kappa shape index (κ2) is 14.6. The van der Waals surface area contributed by atoms with E-state index in [0.29, 0.717) is 0 Å². The lowest BCUT2D eigenvalue weighted by molar-refractivity contribution is 0.304. The normalized spacial score (nSPS) is 11.1. The molecule has 0 aliphatic rings. The Bertz CT molecular complexity index is 896. The van der Waals surface area contributed by atoms with Crippen LogP contribution in [-0.4, -0.2) is 11.8 Å². The van der Waals surface area contributed by atoms with Gasteiger partial charge < -0.3 is 9.26 Å². The maximum atomic E-state index is 5.89. The van der Waals surface area contributed by atoms with Crippen LogP contribution in [0.4, 0.5) is 0 Å². The van der Waals surface area contributed by atoms with Gasteiger partial charge in [0.1, 0.15) is 11.4 Å². The first-order valence-electron chi connectivity index (χ1n) is 13.1. The summed E-state index contributed by atoms with van der Waals surface area (Å²) in [7, 11) is 0. The Morgan fingerprint density at radius 3 is 1.97 bits per heavy atom. The largest absolute Gasteiger partial charge is 0.494 e. The van der Waals surface area contributed by atoms with Gasteiger partial charge in [-0.05, 0) is 49.1 Å². The highest BCUT2D eigenvalue weighted by Crippen LogP contribution is 2.28. The van der Waals surface area contributed by atoms with Crippen LogP contribution < -0.4 is 4.74 Å². The van der Waals surface area contributed by atoms with Crippen LogP contribution in [0.25, 0.3) is 22.6 Å². The molecule has 2 aromatic carbocycles. The SMILES string of the molecule is CCCCCCCCOc1ccc(-c2cc(-c3ccc(CCCCCCC)cc3)no2)cc1. The molecule has 3 rings (SSSR count). The molecule has 178 valence electrons. The number of nitrogens with zero attached hydrogens (tertiary/aromatic N) is 1. The van der Waals surface area contributed by atoms with Crippen LogP contribution in [0.15, 0.2) is 59.1 Å². The van der Waals surface area contributed by atoms with E-state index in [1.54, 1.807) is 0 Å². The molecule has 1 heterocycles. The summed E-state index contributed by atoms with van der Waals surface area (Å²) in [4.78, 5) is 0. The maximum absolute atomic E-state index is 5.89. The molecular formula is C30H41NO2. The second-order valence-electron chi connectivity index (χ2n) is 9.08. The quantitative estimate of drug-likeness (QED) is 0.205. The molecule has 0 atom stereocenters. The molecule has 3 aromatic rings. The van der Waals surface area contributed by atoms with Gasteiger partial charge in [0.25, 0.3) is 0 Å². The van der Waals surface area contributed by atoms with Crippen molar-refractivity contribution in [1.82, 2.24) is 5.16 Å². The third-order valence-corrected chi connectivity index (χ3v) is 6.23. The highest BCUT2D eigenvalue weighted by molar-refractivity contribution is 5.67. The Balaban J connectivity index is 1.45. The number of aromatic nitrogens is 1. The van der Waals surface area contributed by atoms with Crippen LogP contribution in [0, 0.1) is 0 Å². The lowest BCUT2D eigenvalue weighted by Gasteiger charge is -2.06. The van der Waals surface area contributed by atoms with Crippen LogP contribution in [-0.2, 0) is 6.42 Å². The Labute approximate surface area is 200 Å². The topological polar surface area (TPSA) is 35.3 Å². The van der Waals surface area contributed by atoms with Gasteiger partial charge in [-0.3, -0.25) is 0 Å². The van der Waals surface area contributed by atoms with Crippen molar-refractivity contribution in [2.45, 2.75) is 90.9 Å². The molecule has 0 unspecified atom stereocenters. The Morgan fingerprint density at radius 1 is 0.667 bits per heavy atom. The Hall–Kier alpha value is -2.55. The zero-order chi connectivity index (χ0) is 23.1. The number of hydrogen-bond acceptors (Lipinski definition) is 3. The molecule has 0 saturated carbocycles. The molecule has 0 spiro atoms. The van der Waals surface area contributed by atoms with Crippen LogP contribution in [0.2, 0.25) is 0 Å². The van der Waals surface area contributed by atoms with Crippen molar-refractivity contribution in [3.8, 4) is 28.3 Å². The summed E-state index contributed by atoms with van der Waals surface area (Å²) < 4.78 is 11.5. The van der Waals surface area contributed by atoms with E-state index < -0.39 is 0 Å².